The molecule has 1 atom stereocenters. The molecule has 1 aliphatic rings. The maximum atomic E-state index is 12.6. The molecule has 0 radical (unpaired) electrons. The number of hydrogen-bond donors (Lipinski definition) is 1. The van der Waals surface area contributed by atoms with Crippen molar-refractivity contribution in [1.29, 1.82) is 0 Å². The van der Waals surface area contributed by atoms with Gasteiger partial charge < -0.3 is 15.0 Å². The fourth-order valence-corrected chi connectivity index (χ4v) is 3.85. The van der Waals surface area contributed by atoms with Crippen LogP contribution in [0, 0.1) is 5.92 Å². The van der Waals surface area contributed by atoms with Crippen LogP contribution in [0.15, 0.2) is 60.2 Å². The third kappa shape index (κ3) is 4.23. The quantitative estimate of drug-likeness (QED) is 0.781. The van der Waals surface area contributed by atoms with Crippen LogP contribution in [0.3, 0.4) is 0 Å². The maximum Gasteiger partial charge on any atom is 0.253 e. The third-order valence-corrected chi connectivity index (χ3v) is 5.40. The molecule has 2 aromatic rings. The molecule has 4 heteroatoms. The van der Waals surface area contributed by atoms with Crippen molar-refractivity contribution in [2.75, 3.05) is 26.2 Å². The second-order valence-corrected chi connectivity index (χ2v) is 7.02. The van der Waals surface area contributed by atoms with Gasteiger partial charge in [0.1, 0.15) is 6.29 Å². The summed E-state index contributed by atoms with van der Waals surface area (Å²) in [5, 5.41) is 3.31. The van der Waals surface area contributed by atoms with Crippen LogP contribution in [0.4, 0.5) is 0 Å². The van der Waals surface area contributed by atoms with Gasteiger partial charge in [-0.2, -0.15) is 0 Å². The number of carbonyl (C=O) groups excluding carboxylic acids is 2. The lowest BCUT2D eigenvalue weighted by Gasteiger charge is -2.26. The lowest BCUT2D eigenvalue weighted by Crippen LogP contribution is -2.33. The minimum Gasteiger partial charge on any atom is -0.339 e. The van der Waals surface area contributed by atoms with E-state index < -0.39 is 0 Å². The van der Waals surface area contributed by atoms with E-state index >= 15 is 0 Å². The van der Waals surface area contributed by atoms with Gasteiger partial charge in [-0.1, -0.05) is 42.5 Å². The number of carbonyl (C=O) groups is 2. The standard InChI is InChI=1S/C24H28N2O2/c1-3-26(4-2)24(28)20-12-10-19(11-13-20)23(18-8-6-5-7-9-18)22-14-15-25-16-21(22)17-27/h5-13,17,21,25H,3-4,14-16H2,1-2H3. The highest BCUT2D eigenvalue weighted by atomic mass is 16.2. The minimum absolute atomic E-state index is 0.0538. The van der Waals surface area contributed by atoms with E-state index in [1.807, 2.05) is 61.2 Å². The van der Waals surface area contributed by atoms with Gasteiger partial charge in [-0.05, 0) is 61.2 Å². The molecule has 2 aromatic carbocycles. The predicted molar refractivity (Wildman–Crippen MR) is 113 cm³/mol. The second-order valence-electron chi connectivity index (χ2n) is 7.02. The van der Waals surface area contributed by atoms with Crippen molar-refractivity contribution in [2.45, 2.75) is 20.3 Å². The number of hydrogen-bond acceptors (Lipinski definition) is 3. The van der Waals surface area contributed by atoms with Crippen LogP contribution in [0.1, 0.15) is 41.8 Å². The molecule has 0 aliphatic carbocycles. The fourth-order valence-electron chi connectivity index (χ4n) is 3.85. The molecule has 1 aliphatic heterocycles. The van der Waals surface area contributed by atoms with E-state index in [-0.39, 0.29) is 11.8 Å². The van der Waals surface area contributed by atoms with Gasteiger partial charge in [0.25, 0.3) is 5.91 Å². The average Bonchev–Trinajstić information content (AvgIpc) is 2.76. The monoisotopic (exact) mass is 376 g/mol. The van der Waals surface area contributed by atoms with E-state index in [1.54, 1.807) is 0 Å². The molecule has 0 saturated carbocycles. The van der Waals surface area contributed by atoms with Gasteiger partial charge in [0.2, 0.25) is 0 Å². The van der Waals surface area contributed by atoms with Gasteiger partial charge in [-0.3, -0.25) is 4.79 Å². The molecule has 1 saturated heterocycles. The Labute approximate surface area is 167 Å². The topological polar surface area (TPSA) is 49.4 Å². The summed E-state index contributed by atoms with van der Waals surface area (Å²) in [6, 6.07) is 18.0. The summed E-state index contributed by atoms with van der Waals surface area (Å²) in [6.45, 7) is 6.92. The zero-order valence-corrected chi connectivity index (χ0v) is 16.7. The first-order valence-corrected chi connectivity index (χ1v) is 10.0. The summed E-state index contributed by atoms with van der Waals surface area (Å²) < 4.78 is 0. The first-order chi connectivity index (χ1) is 13.7. The van der Waals surface area contributed by atoms with E-state index in [0.29, 0.717) is 25.2 Å². The van der Waals surface area contributed by atoms with Gasteiger partial charge in [0.15, 0.2) is 0 Å². The third-order valence-electron chi connectivity index (χ3n) is 5.40. The number of nitrogens with zero attached hydrogens (tertiary/aromatic N) is 1. The molecule has 1 unspecified atom stereocenters. The van der Waals surface area contributed by atoms with Gasteiger partial charge >= 0.3 is 0 Å². The van der Waals surface area contributed by atoms with Crippen LogP contribution < -0.4 is 5.32 Å². The van der Waals surface area contributed by atoms with Crippen LogP contribution in [-0.4, -0.2) is 43.3 Å². The van der Waals surface area contributed by atoms with E-state index in [9.17, 15) is 9.59 Å². The van der Waals surface area contributed by atoms with Crippen LogP contribution in [0.25, 0.3) is 5.57 Å². The Balaban J connectivity index is 2.05. The molecule has 1 heterocycles. The molecule has 1 amide bonds. The Morgan fingerprint density at radius 3 is 2.21 bits per heavy atom. The Bertz CT molecular complexity index is 837. The smallest absolute Gasteiger partial charge is 0.253 e. The van der Waals surface area contributed by atoms with Crippen LogP contribution in [0.2, 0.25) is 0 Å². The van der Waals surface area contributed by atoms with Crippen molar-refractivity contribution in [3.63, 3.8) is 0 Å². The van der Waals surface area contributed by atoms with E-state index in [1.165, 1.54) is 5.57 Å². The molecule has 1 N–H and O–H groups in total. The fraction of sp³-hybridized carbons (Fsp3) is 0.333. The summed E-state index contributed by atoms with van der Waals surface area (Å²) in [5.74, 6) is -0.0703. The van der Waals surface area contributed by atoms with E-state index in [4.69, 9.17) is 0 Å². The molecule has 0 aromatic heterocycles. The number of piperidine rings is 1. The highest BCUT2D eigenvalue weighted by molar-refractivity contribution is 5.95. The maximum absolute atomic E-state index is 12.6. The molecule has 0 bridgehead atoms. The summed E-state index contributed by atoms with van der Waals surface area (Å²) in [7, 11) is 0. The summed E-state index contributed by atoms with van der Waals surface area (Å²) in [4.78, 5) is 26.1. The largest absolute Gasteiger partial charge is 0.339 e. The molecule has 4 nitrogen and oxygen atoms in total. The lowest BCUT2D eigenvalue weighted by molar-refractivity contribution is -0.110. The molecule has 0 spiro atoms. The number of benzene rings is 2. The van der Waals surface area contributed by atoms with Crippen LogP contribution >= 0.6 is 0 Å². The number of nitrogens with one attached hydrogen (secondary N) is 1. The Hall–Kier alpha value is -2.72. The lowest BCUT2D eigenvalue weighted by atomic mass is 9.83. The zero-order valence-electron chi connectivity index (χ0n) is 16.7. The minimum atomic E-state index is -0.124. The van der Waals surface area contributed by atoms with Gasteiger partial charge in [-0.25, -0.2) is 0 Å². The molecular formula is C24H28N2O2. The van der Waals surface area contributed by atoms with Crippen molar-refractivity contribution >= 4 is 17.8 Å². The van der Waals surface area contributed by atoms with Crippen LogP contribution in [0.5, 0.6) is 0 Å². The first kappa shape index (κ1) is 20.0. The Kier molecular flexibility index (Phi) is 6.77. The van der Waals surface area contributed by atoms with E-state index in [2.05, 4.69) is 17.4 Å². The highest BCUT2D eigenvalue weighted by Crippen LogP contribution is 2.33. The van der Waals surface area contributed by atoms with Crippen molar-refractivity contribution in [3.8, 4) is 0 Å². The van der Waals surface area contributed by atoms with Crippen molar-refractivity contribution in [1.82, 2.24) is 10.2 Å². The van der Waals surface area contributed by atoms with Crippen LogP contribution in [-0.2, 0) is 4.79 Å². The summed E-state index contributed by atoms with van der Waals surface area (Å²) in [6.07, 6.45) is 1.89. The van der Waals surface area contributed by atoms with Gasteiger partial charge in [-0.15, -0.1) is 0 Å². The molecule has 146 valence electrons. The highest BCUT2D eigenvalue weighted by Gasteiger charge is 2.23. The second kappa shape index (κ2) is 9.47. The van der Waals surface area contributed by atoms with E-state index in [0.717, 1.165) is 36.0 Å². The summed E-state index contributed by atoms with van der Waals surface area (Å²) in [5.41, 5.74) is 5.13. The van der Waals surface area contributed by atoms with Crippen molar-refractivity contribution in [3.05, 3.63) is 76.9 Å². The molecule has 3 rings (SSSR count). The number of aldehydes is 1. The van der Waals surface area contributed by atoms with Crippen molar-refractivity contribution < 1.29 is 9.59 Å². The average molecular weight is 377 g/mol. The molecular weight excluding hydrogens is 348 g/mol. The van der Waals surface area contributed by atoms with Crippen molar-refractivity contribution in [2.24, 2.45) is 5.92 Å². The zero-order chi connectivity index (χ0) is 19.9. The Morgan fingerprint density at radius 1 is 1.00 bits per heavy atom. The number of rotatable bonds is 6. The summed E-state index contributed by atoms with van der Waals surface area (Å²) >= 11 is 0. The first-order valence-electron chi connectivity index (χ1n) is 10.0. The normalized spacial score (nSPS) is 18.4. The van der Waals surface area contributed by atoms with Gasteiger partial charge in [0, 0.05) is 31.1 Å². The van der Waals surface area contributed by atoms with Gasteiger partial charge in [0.05, 0.1) is 0 Å². The number of amides is 1. The molecule has 28 heavy (non-hydrogen) atoms. The molecule has 1 fully saturated rings. The Morgan fingerprint density at radius 2 is 1.61 bits per heavy atom. The SMILES string of the molecule is CCN(CC)C(=O)c1ccc(C(=C2CCNCC2C=O)c2ccccc2)cc1. The predicted octanol–water partition coefficient (Wildman–Crippen LogP) is 3.78.